The van der Waals surface area contributed by atoms with E-state index in [1.165, 1.54) is 17.5 Å². The highest BCUT2D eigenvalue weighted by atomic mass is 32.2. The highest BCUT2D eigenvalue weighted by Crippen LogP contribution is 2.30. The number of ether oxygens (including phenoxy) is 1. The first-order valence-electron chi connectivity index (χ1n) is 10.4. The molecule has 4 rings (SSSR count). The normalized spacial score (nSPS) is 30.4. The van der Waals surface area contributed by atoms with Gasteiger partial charge in [0.25, 0.3) is 0 Å². The minimum atomic E-state index is -3.42. The maximum atomic E-state index is 13.4. The highest BCUT2D eigenvalue weighted by Gasteiger charge is 2.37. The van der Waals surface area contributed by atoms with E-state index in [-0.39, 0.29) is 18.2 Å². The monoisotopic (exact) mass is 392 g/mol. The molecule has 5 nitrogen and oxygen atoms in total. The average molecular weight is 393 g/mol. The lowest BCUT2D eigenvalue weighted by Crippen LogP contribution is -2.50. The number of fused-ring (bicyclic) bond motifs is 1. The number of nitrogens with zero attached hydrogens (tertiary/aromatic N) is 2. The third kappa shape index (κ3) is 4.09. The van der Waals surface area contributed by atoms with Crippen molar-refractivity contribution in [3.8, 4) is 0 Å². The van der Waals surface area contributed by atoms with E-state index in [4.69, 9.17) is 4.74 Å². The van der Waals surface area contributed by atoms with Crippen LogP contribution in [-0.2, 0) is 27.6 Å². The molecule has 0 amide bonds. The van der Waals surface area contributed by atoms with Crippen LogP contribution in [-0.4, -0.2) is 62.1 Å². The van der Waals surface area contributed by atoms with Gasteiger partial charge in [-0.25, -0.2) is 8.42 Å². The molecule has 1 aliphatic carbocycles. The number of rotatable bonds is 4. The molecule has 3 unspecified atom stereocenters. The molecule has 0 aromatic heterocycles. The second-order valence-electron chi connectivity index (χ2n) is 8.53. The number of aryl methyl sites for hydroxylation is 2. The molecular weight excluding hydrogens is 360 g/mol. The van der Waals surface area contributed by atoms with Gasteiger partial charge in [0, 0.05) is 32.2 Å². The van der Waals surface area contributed by atoms with E-state index in [0.29, 0.717) is 11.4 Å². The summed E-state index contributed by atoms with van der Waals surface area (Å²) in [7, 11) is -3.42. The molecule has 0 N–H and O–H groups in total. The maximum Gasteiger partial charge on any atom is 0.243 e. The van der Waals surface area contributed by atoms with Crippen LogP contribution in [0.2, 0.25) is 0 Å². The lowest BCUT2D eigenvalue weighted by Gasteiger charge is -2.38. The Balaban J connectivity index is 1.52. The van der Waals surface area contributed by atoms with Gasteiger partial charge in [-0.15, -0.1) is 0 Å². The summed E-state index contributed by atoms with van der Waals surface area (Å²) in [6.45, 7) is 7.40. The zero-order valence-electron chi connectivity index (χ0n) is 16.6. The van der Waals surface area contributed by atoms with E-state index in [2.05, 4.69) is 18.7 Å². The SMILES string of the molecule is CC1CN(CC2CCCN2S(=O)(=O)c2ccc3c(c2)CCCC3)CC(C)O1. The van der Waals surface area contributed by atoms with Gasteiger partial charge < -0.3 is 4.74 Å². The minimum Gasteiger partial charge on any atom is -0.373 e. The molecule has 0 saturated carbocycles. The molecule has 0 radical (unpaired) electrons. The van der Waals surface area contributed by atoms with Crippen LogP contribution < -0.4 is 0 Å². The molecule has 2 aliphatic heterocycles. The van der Waals surface area contributed by atoms with Gasteiger partial charge in [0.1, 0.15) is 0 Å². The third-order valence-electron chi connectivity index (χ3n) is 6.21. The van der Waals surface area contributed by atoms with Crippen molar-refractivity contribution in [1.29, 1.82) is 0 Å². The number of hydrogen-bond acceptors (Lipinski definition) is 4. The molecule has 27 heavy (non-hydrogen) atoms. The Labute approximate surface area is 163 Å². The van der Waals surface area contributed by atoms with Gasteiger partial charge in [0.2, 0.25) is 10.0 Å². The molecule has 3 aliphatic rings. The molecular formula is C21H32N2O3S. The number of sulfonamides is 1. The van der Waals surface area contributed by atoms with Crippen molar-refractivity contribution in [1.82, 2.24) is 9.21 Å². The van der Waals surface area contributed by atoms with Gasteiger partial charge in [-0.2, -0.15) is 4.31 Å². The molecule has 150 valence electrons. The fourth-order valence-electron chi connectivity index (χ4n) is 5.05. The Morgan fingerprint density at radius 2 is 1.74 bits per heavy atom. The second-order valence-corrected chi connectivity index (χ2v) is 10.4. The fourth-order valence-corrected chi connectivity index (χ4v) is 6.78. The van der Waals surface area contributed by atoms with Crippen molar-refractivity contribution >= 4 is 10.0 Å². The molecule has 2 fully saturated rings. The van der Waals surface area contributed by atoms with Crippen LogP contribution in [0.25, 0.3) is 0 Å². The highest BCUT2D eigenvalue weighted by molar-refractivity contribution is 7.89. The van der Waals surface area contributed by atoms with Gasteiger partial charge in [0.05, 0.1) is 17.1 Å². The molecule has 2 heterocycles. The quantitative estimate of drug-likeness (QED) is 0.791. The summed E-state index contributed by atoms with van der Waals surface area (Å²) in [6.07, 6.45) is 6.77. The molecule has 1 aromatic carbocycles. The van der Waals surface area contributed by atoms with Crippen LogP contribution in [0.15, 0.2) is 23.1 Å². The Morgan fingerprint density at radius 3 is 2.48 bits per heavy atom. The number of benzene rings is 1. The van der Waals surface area contributed by atoms with Gasteiger partial charge in [0.15, 0.2) is 0 Å². The lowest BCUT2D eigenvalue weighted by atomic mass is 9.92. The van der Waals surface area contributed by atoms with Gasteiger partial charge in [-0.05, 0) is 75.6 Å². The Bertz CT molecular complexity index is 770. The maximum absolute atomic E-state index is 13.4. The average Bonchev–Trinajstić information content (AvgIpc) is 3.09. The molecule has 3 atom stereocenters. The molecule has 0 spiro atoms. The molecule has 1 aromatic rings. The predicted molar refractivity (Wildman–Crippen MR) is 106 cm³/mol. The first-order valence-corrected chi connectivity index (χ1v) is 11.9. The van der Waals surface area contributed by atoms with E-state index < -0.39 is 10.0 Å². The van der Waals surface area contributed by atoms with Crippen molar-refractivity contribution in [2.45, 2.75) is 75.5 Å². The second kappa shape index (κ2) is 7.82. The Hall–Kier alpha value is -0.950. The molecule has 6 heteroatoms. The first kappa shape index (κ1) is 19.4. The largest absolute Gasteiger partial charge is 0.373 e. The molecule has 0 bridgehead atoms. The van der Waals surface area contributed by atoms with Gasteiger partial charge in [-0.1, -0.05) is 6.07 Å². The lowest BCUT2D eigenvalue weighted by molar-refractivity contribution is -0.0707. The summed E-state index contributed by atoms with van der Waals surface area (Å²) in [5, 5.41) is 0. The van der Waals surface area contributed by atoms with Gasteiger partial charge >= 0.3 is 0 Å². The number of morpholine rings is 1. The van der Waals surface area contributed by atoms with E-state index in [1.54, 1.807) is 4.31 Å². The fraction of sp³-hybridized carbons (Fsp3) is 0.714. The van der Waals surface area contributed by atoms with Crippen LogP contribution in [0.1, 0.15) is 50.7 Å². The van der Waals surface area contributed by atoms with E-state index in [9.17, 15) is 8.42 Å². The predicted octanol–water partition coefficient (Wildman–Crippen LogP) is 2.83. The zero-order chi connectivity index (χ0) is 19.0. The molecule has 2 saturated heterocycles. The van der Waals surface area contributed by atoms with Crippen LogP contribution in [0.4, 0.5) is 0 Å². The summed E-state index contributed by atoms with van der Waals surface area (Å²) in [5.41, 5.74) is 2.56. The zero-order valence-corrected chi connectivity index (χ0v) is 17.4. The van der Waals surface area contributed by atoms with Crippen molar-refractivity contribution in [3.63, 3.8) is 0 Å². The minimum absolute atomic E-state index is 0.0727. The number of hydrogen-bond donors (Lipinski definition) is 0. The van der Waals surface area contributed by atoms with Crippen molar-refractivity contribution in [2.24, 2.45) is 0 Å². The summed E-state index contributed by atoms with van der Waals surface area (Å²) >= 11 is 0. The van der Waals surface area contributed by atoms with Crippen LogP contribution in [0, 0.1) is 0 Å². The van der Waals surface area contributed by atoms with Crippen molar-refractivity contribution in [2.75, 3.05) is 26.2 Å². The summed E-state index contributed by atoms with van der Waals surface area (Å²) in [5.74, 6) is 0. The van der Waals surface area contributed by atoms with E-state index in [0.717, 1.165) is 51.7 Å². The van der Waals surface area contributed by atoms with Crippen LogP contribution in [0.3, 0.4) is 0 Å². The van der Waals surface area contributed by atoms with Crippen molar-refractivity contribution < 1.29 is 13.2 Å². The van der Waals surface area contributed by atoms with E-state index in [1.807, 2.05) is 18.2 Å². The third-order valence-corrected chi connectivity index (χ3v) is 8.16. The summed E-state index contributed by atoms with van der Waals surface area (Å²) in [6, 6.07) is 5.88. The standard InChI is InChI=1S/C21H32N2O3S/c1-16-13-22(14-17(2)26-16)15-20-8-5-11-23(20)27(24,25)21-10-9-18-6-3-4-7-19(18)12-21/h9-10,12,16-17,20H,3-8,11,13-15H2,1-2H3. The van der Waals surface area contributed by atoms with Gasteiger partial charge in [-0.3, -0.25) is 4.90 Å². The summed E-state index contributed by atoms with van der Waals surface area (Å²) in [4.78, 5) is 2.86. The van der Waals surface area contributed by atoms with E-state index >= 15 is 0 Å². The smallest absolute Gasteiger partial charge is 0.243 e. The Morgan fingerprint density at radius 1 is 1.04 bits per heavy atom. The Kier molecular flexibility index (Phi) is 5.61. The van der Waals surface area contributed by atoms with Crippen molar-refractivity contribution in [3.05, 3.63) is 29.3 Å². The summed E-state index contributed by atoms with van der Waals surface area (Å²) < 4.78 is 34.4. The first-order chi connectivity index (χ1) is 12.9. The van der Waals surface area contributed by atoms with Crippen LogP contribution >= 0.6 is 0 Å². The van der Waals surface area contributed by atoms with Crippen LogP contribution in [0.5, 0.6) is 0 Å². The topological polar surface area (TPSA) is 49.9 Å².